The Morgan fingerprint density at radius 1 is 1.50 bits per heavy atom. The molecule has 0 aliphatic carbocycles. The average molecular weight is 215 g/mol. The highest BCUT2D eigenvalue weighted by Crippen LogP contribution is 2.23. The SMILES string of the molecule is Cc1cn2ccc(C3CCCNC3)cc2n1. The summed E-state index contributed by atoms with van der Waals surface area (Å²) in [4.78, 5) is 4.51. The average Bonchev–Trinajstić information content (AvgIpc) is 2.69. The summed E-state index contributed by atoms with van der Waals surface area (Å²) in [5.41, 5.74) is 3.57. The number of imidazole rings is 1. The summed E-state index contributed by atoms with van der Waals surface area (Å²) in [6.45, 7) is 4.31. The number of nitrogens with one attached hydrogen (secondary N) is 1. The highest BCUT2D eigenvalue weighted by Gasteiger charge is 2.15. The lowest BCUT2D eigenvalue weighted by Crippen LogP contribution is -2.28. The number of aryl methyl sites for hydroxylation is 1. The molecule has 3 heteroatoms. The Morgan fingerprint density at radius 2 is 2.44 bits per heavy atom. The second kappa shape index (κ2) is 3.91. The third-order valence-corrected chi connectivity index (χ3v) is 3.37. The van der Waals surface area contributed by atoms with Gasteiger partial charge >= 0.3 is 0 Å². The van der Waals surface area contributed by atoms with Gasteiger partial charge in [-0.15, -0.1) is 0 Å². The van der Waals surface area contributed by atoms with Crippen LogP contribution in [-0.4, -0.2) is 22.5 Å². The molecule has 1 unspecified atom stereocenters. The van der Waals surface area contributed by atoms with E-state index >= 15 is 0 Å². The van der Waals surface area contributed by atoms with Gasteiger partial charge in [0.15, 0.2) is 0 Å². The summed E-state index contributed by atoms with van der Waals surface area (Å²) in [6.07, 6.45) is 6.77. The van der Waals surface area contributed by atoms with Crippen LogP contribution in [-0.2, 0) is 0 Å². The molecule has 2 aromatic heterocycles. The fraction of sp³-hybridized carbons (Fsp3) is 0.462. The lowest BCUT2D eigenvalue weighted by Gasteiger charge is -2.23. The second-order valence-corrected chi connectivity index (χ2v) is 4.65. The van der Waals surface area contributed by atoms with E-state index in [0.717, 1.165) is 17.9 Å². The van der Waals surface area contributed by atoms with E-state index in [1.54, 1.807) is 0 Å². The summed E-state index contributed by atoms with van der Waals surface area (Å²) in [5, 5.41) is 3.46. The van der Waals surface area contributed by atoms with Crippen molar-refractivity contribution >= 4 is 5.65 Å². The number of hydrogen-bond donors (Lipinski definition) is 1. The van der Waals surface area contributed by atoms with Crippen LogP contribution in [0, 0.1) is 6.92 Å². The number of piperidine rings is 1. The third kappa shape index (κ3) is 1.71. The minimum Gasteiger partial charge on any atom is -0.316 e. The first kappa shape index (κ1) is 9.85. The van der Waals surface area contributed by atoms with Gasteiger partial charge in [-0.1, -0.05) is 0 Å². The van der Waals surface area contributed by atoms with Crippen LogP contribution in [0.5, 0.6) is 0 Å². The number of fused-ring (bicyclic) bond motifs is 1. The van der Waals surface area contributed by atoms with Crippen molar-refractivity contribution in [3.8, 4) is 0 Å². The van der Waals surface area contributed by atoms with E-state index in [4.69, 9.17) is 0 Å². The number of hydrogen-bond acceptors (Lipinski definition) is 2. The maximum atomic E-state index is 4.51. The van der Waals surface area contributed by atoms with Crippen LogP contribution in [0.3, 0.4) is 0 Å². The molecule has 2 aromatic rings. The van der Waals surface area contributed by atoms with Crippen LogP contribution < -0.4 is 5.32 Å². The molecule has 3 nitrogen and oxygen atoms in total. The molecule has 0 bridgehead atoms. The minimum atomic E-state index is 0.663. The number of aromatic nitrogens is 2. The summed E-state index contributed by atoms with van der Waals surface area (Å²) < 4.78 is 2.09. The topological polar surface area (TPSA) is 29.3 Å². The minimum absolute atomic E-state index is 0.663. The zero-order chi connectivity index (χ0) is 11.0. The van der Waals surface area contributed by atoms with Crippen molar-refractivity contribution in [2.75, 3.05) is 13.1 Å². The molecule has 1 aliphatic heterocycles. The van der Waals surface area contributed by atoms with Crippen molar-refractivity contribution in [3.63, 3.8) is 0 Å². The molecule has 3 heterocycles. The van der Waals surface area contributed by atoms with Gasteiger partial charge < -0.3 is 9.72 Å². The van der Waals surface area contributed by atoms with Crippen LogP contribution in [0.15, 0.2) is 24.5 Å². The maximum absolute atomic E-state index is 4.51. The van der Waals surface area contributed by atoms with Gasteiger partial charge in [0.1, 0.15) is 5.65 Å². The van der Waals surface area contributed by atoms with Gasteiger partial charge in [0.25, 0.3) is 0 Å². The molecule has 84 valence electrons. The molecule has 1 N–H and O–H groups in total. The third-order valence-electron chi connectivity index (χ3n) is 3.37. The van der Waals surface area contributed by atoms with Crippen LogP contribution >= 0.6 is 0 Å². The van der Waals surface area contributed by atoms with Crippen LogP contribution in [0.1, 0.15) is 30.0 Å². The standard InChI is InChI=1S/C13H17N3/c1-10-9-16-6-4-11(7-13(16)15-10)12-3-2-5-14-8-12/h4,6-7,9,12,14H,2-3,5,8H2,1H3. The Morgan fingerprint density at radius 3 is 3.25 bits per heavy atom. The van der Waals surface area contributed by atoms with E-state index < -0.39 is 0 Å². The maximum Gasteiger partial charge on any atom is 0.137 e. The van der Waals surface area contributed by atoms with E-state index in [1.165, 1.54) is 24.9 Å². The Labute approximate surface area is 95.5 Å². The monoisotopic (exact) mass is 215 g/mol. The molecule has 1 atom stereocenters. The number of nitrogens with zero attached hydrogens (tertiary/aromatic N) is 2. The lowest BCUT2D eigenvalue weighted by molar-refractivity contribution is 0.461. The fourth-order valence-corrected chi connectivity index (χ4v) is 2.51. The molecule has 0 amide bonds. The zero-order valence-electron chi connectivity index (χ0n) is 9.61. The van der Waals surface area contributed by atoms with Crippen LogP contribution in [0.2, 0.25) is 0 Å². The van der Waals surface area contributed by atoms with E-state index in [-0.39, 0.29) is 0 Å². The van der Waals surface area contributed by atoms with Crippen molar-refractivity contribution in [1.82, 2.24) is 14.7 Å². The molecule has 0 saturated carbocycles. The normalized spacial score (nSPS) is 21.4. The van der Waals surface area contributed by atoms with Crippen molar-refractivity contribution in [1.29, 1.82) is 0 Å². The smallest absolute Gasteiger partial charge is 0.137 e. The first-order chi connectivity index (χ1) is 7.83. The molecule has 1 fully saturated rings. The summed E-state index contributed by atoms with van der Waals surface area (Å²) >= 11 is 0. The van der Waals surface area contributed by atoms with E-state index in [9.17, 15) is 0 Å². The molecule has 0 spiro atoms. The van der Waals surface area contributed by atoms with Gasteiger partial charge in [0, 0.05) is 18.9 Å². The van der Waals surface area contributed by atoms with E-state index in [1.807, 2.05) is 6.92 Å². The highest BCUT2D eigenvalue weighted by molar-refractivity contribution is 5.44. The van der Waals surface area contributed by atoms with Gasteiger partial charge in [-0.05, 0) is 49.9 Å². The Balaban J connectivity index is 1.97. The van der Waals surface area contributed by atoms with E-state index in [0.29, 0.717) is 5.92 Å². The van der Waals surface area contributed by atoms with Crippen molar-refractivity contribution < 1.29 is 0 Å². The molecule has 1 aliphatic rings. The van der Waals surface area contributed by atoms with Gasteiger partial charge in [-0.2, -0.15) is 0 Å². The Kier molecular flexibility index (Phi) is 2.40. The van der Waals surface area contributed by atoms with Crippen LogP contribution in [0.25, 0.3) is 5.65 Å². The first-order valence-electron chi connectivity index (χ1n) is 5.99. The van der Waals surface area contributed by atoms with Crippen molar-refractivity contribution in [2.45, 2.75) is 25.7 Å². The van der Waals surface area contributed by atoms with Gasteiger partial charge in [0.05, 0.1) is 5.69 Å². The molecule has 1 saturated heterocycles. The second-order valence-electron chi connectivity index (χ2n) is 4.65. The molecule has 0 aromatic carbocycles. The Hall–Kier alpha value is -1.35. The summed E-state index contributed by atoms with van der Waals surface area (Å²) in [6, 6.07) is 4.45. The first-order valence-corrected chi connectivity index (χ1v) is 5.99. The quantitative estimate of drug-likeness (QED) is 0.789. The zero-order valence-corrected chi connectivity index (χ0v) is 9.61. The molecule has 3 rings (SSSR count). The van der Waals surface area contributed by atoms with Gasteiger partial charge in [0.2, 0.25) is 0 Å². The molecule has 16 heavy (non-hydrogen) atoms. The fourth-order valence-electron chi connectivity index (χ4n) is 2.51. The van der Waals surface area contributed by atoms with Gasteiger partial charge in [-0.25, -0.2) is 4.98 Å². The molecular formula is C13H17N3. The van der Waals surface area contributed by atoms with Gasteiger partial charge in [-0.3, -0.25) is 0 Å². The van der Waals surface area contributed by atoms with Crippen molar-refractivity contribution in [2.24, 2.45) is 0 Å². The molecular weight excluding hydrogens is 198 g/mol. The molecule has 0 radical (unpaired) electrons. The van der Waals surface area contributed by atoms with E-state index in [2.05, 4.69) is 39.2 Å². The van der Waals surface area contributed by atoms with Crippen LogP contribution in [0.4, 0.5) is 0 Å². The Bertz CT molecular complexity index is 495. The summed E-state index contributed by atoms with van der Waals surface area (Å²) in [7, 11) is 0. The lowest BCUT2D eigenvalue weighted by atomic mass is 9.92. The van der Waals surface area contributed by atoms with Crippen molar-refractivity contribution in [3.05, 3.63) is 35.8 Å². The number of pyridine rings is 1. The summed E-state index contributed by atoms with van der Waals surface area (Å²) in [5.74, 6) is 0.663. The largest absolute Gasteiger partial charge is 0.316 e. The highest BCUT2D eigenvalue weighted by atomic mass is 15.0. The predicted molar refractivity (Wildman–Crippen MR) is 64.8 cm³/mol. The predicted octanol–water partition coefficient (Wildman–Crippen LogP) is 2.11. The number of rotatable bonds is 1.